The average molecular weight is 391 g/mol. The highest BCUT2D eigenvalue weighted by Gasteiger charge is 2.38. The van der Waals surface area contributed by atoms with Gasteiger partial charge in [-0.25, -0.2) is 0 Å². The molecular weight excluding hydrogens is 371 g/mol. The zero-order chi connectivity index (χ0) is 18.8. The topological polar surface area (TPSA) is 49.4 Å². The van der Waals surface area contributed by atoms with Crippen LogP contribution in [-0.4, -0.2) is 23.3 Å². The molecule has 2 aromatic rings. The molecular formula is C20H20Cl2N2O2. The predicted octanol–water partition coefficient (Wildman–Crippen LogP) is 4.78. The van der Waals surface area contributed by atoms with Crippen LogP contribution in [0.5, 0.6) is 0 Å². The zero-order valence-corrected chi connectivity index (χ0v) is 16.2. The number of aryl methyl sites for hydroxylation is 2. The lowest BCUT2D eigenvalue weighted by Crippen LogP contribution is -2.49. The van der Waals surface area contributed by atoms with Crippen LogP contribution in [0.3, 0.4) is 0 Å². The van der Waals surface area contributed by atoms with E-state index in [1.807, 2.05) is 32.0 Å². The molecule has 0 aromatic heterocycles. The summed E-state index contributed by atoms with van der Waals surface area (Å²) in [6.45, 7) is 4.52. The van der Waals surface area contributed by atoms with Gasteiger partial charge in [-0.15, -0.1) is 0 Å². The number of hydrogen-bond acceptors (Lipinski definition) is 2. The van der Waals surface area contributed by atoms with E-state index in [4.69, 9.17) is 23.2 Å². The summed E-state index contributed by atoms with van der Waals surface area (Å²) < 4.78 is 0. The van der Waals surface area contributed by atoms with Crippen molar-refractivity contribution in [2.75, 3.05) is 11.9 Å². The molecule has 0 saturated carbocycles. The first-order valence-corrected chi connectivity index (χ1v) is 9.31. The Morgan fingerprint density at radius 1 is 1.27 bits per heavy atom. The minimum absolute atomic E-state index is 0.0586. The Morgan fingerprint density at radius 3 is 2.62 bits per heavy atom. The van der Waals surface area contributed by atoms with Crippen molar-refractivity contribution in [2.45, 2.75) is 32.7 Å². The lowest BCUT2D eigenvalue weighted by molar-refractivity contribution is -0.147. The number of anilines is 1. The van der Waals surface area contributed by atoms with Crippen molar-refractivity contribution in [3.05, 3.63) is 63.1 Å². The Bertz CT molecular complexity index is 867. The van der Waals surface area contributed by atoms with Gasteiger partial charge in [-0.1, -0.05) is 54.4 Å². The number of carbonyl (C=O) groups excluding carboxylic acids is 2. The molecule has 26 heavy (non-hydrogen) atoms. The smallest absolute Gasteiger partial charge is 0.251 e. The van der Waals surface area contributed by atoms with E-state index in [1.54, 1.807) is 23.1 Å². The van der Waals surface area contributed by atoms with Crippen LogP contribution in [0.25, 0.3) is 0 Å². The van der Waals surface area contributed by atoms with Gasteiger partial charge in [-0.2, -0.15) is 0 Å². The van der Waals surface area contributed by atoms with Gasteiger partial charge in [-0.05, 0) is 36.6 Å². The monoisotopic (exact) mass is 390 g/mol. The Morgan fingerprint density at radius 2 is 2.04 bits per heavy atom. The number of likely N-dealkylation sites (tertiary alicyclic amines) is 1. The second-order valence-electron chi connectivity index (χ2n) is 6.36. The number of benzene rings is 2. The van der Waals surface area contributed by atoms with Crippen LogP contribution in [0.1, 0.15) is 36.1 Å². The van der Waals surface area contributed by atoms with E-state index in [-0.39, 0.29) is 11.8 Å². The second kappa shape index (κ2) is 7.68. The number of nitrogens with zero attached hydrogens (tertiary/aromatic N) is 1. The molecule has 2 amide bonds. The minimum Gasteiger partial charge on any atom is -0.326 e. The molecule has 0 radical (unpaired) electrons. The van der Waals surface area contributed by atoms with Gasteiger partial charge in [0.2, 0.25) is 5.91 Å². The van der Waals surface area contributed by atoms with Crippen LogP contribution in [0, 0.1) is 6.92 Å². The highest BCUT2D eigenvalue weighted by molar-refractivity contribution is 6.35. The molecule has 1 atom stereocenters. The fraction of sp³-hybridized carbons (Fsp3) is 0.300. The third-order valence-electron chi connectivity index (χ3n) is 4.69. The SMILES string of the molecule is CCc1cccc(C)c1NC(=O)C(c1ccc(Cl)cc1Cl)N1CCC1=O. The average Bonchev–Trinajstić information content (AvgIpc) is 2.60. The van der Waals surface area contributed by atoms with Crippen molar-refractivity contribution in [1.82, 2.24) is 4.90 Å². The number of halogens is 2. The molecule has 0 aliphatic carbocycles. The molecule has 1 saturated heterocycles. The maximum Gasteiger partial charge on any atom is 0.251 e. The fourth-order valence-electron chi connectivity index (χ4n) is 3.17. The van der Waals surface area contributed by atoms with Crippen LogP contribution in [0.15, 0.2) is 36.4 Å². The van der Waals surface area contributed by atoms with Crippen LogP contribution in [0.4, 0.5) is 5.69 Å². The van der Waals surface area contributed by atoms with E-state index >= 15 is 0 Å². The molecule has 6 heteroatoms. The standard InChI is InChI=1S/C20H20Cl2N2O2/c1-3-13-6-4-5-12(2)18(13)23-20(26)19(24-10-9-17(24)25)15-8-7-14(21)11-16(15)22/h4-8,11,19H,3,9-10H2,1-2H3,(H,23,26). The third kappa shape index (κ3) is 3.57. The maximum atomic E-state index is 13.2. The first-order valence-electron chi connectivity index (χ1n) is 8.56. The van der Waals surface area contributed by atoms with Crippen molar-refractivity contribution < 1.29 is 9.59 Å². The maximum absolute atomic E-state index is 13.2. The summed E-state index contributed by atoms with van der Waals surface area (Å²) >= 11 is 12.3. The van der Waals surface area contributed by atoms with E-state index in [0.29, 0.717) is 28.6 Å². The van der Waals surface area contributed by atoms with Gasteiger partial charge in [0.05, 0.1) is 0 Å². The summed E-state index contributed by atoms with van der Waals surface area (Å²) in [6.07, 6.45) is 1.24. The number of para-hydroxylation sites is 1. The van der Waals surface area contributed by atoms with Gasteiger partial charge in [0, 0.05) is 34.3 Å². The molecule has 1 N–H and O–H groups in total. The fourth-order valence-corrected chi connectivity index (χ4v) is 3.68. The van der Waals surface area contributed by atoms with Crippen molar-refractivity contribution in [2.24, 2.45) is 0 Å². The Hall–Kier alpha value is -2.04. The van der Waals surface area contributed by atoms with E-state index in [9.17, 15) is 9.59 Å². The summed E-state index contributed by atoms with van der Waals surface area (Å²) in [5.41, 5.74) is 3.40. The Balaban J connectivity index is 1.98. The molecule has 1 heterocycles. The summed E-state index contributed by atoms with van der Waals surface area (Å²) in [5.74, 6) is -0.331. The molecule has 0 bridgehead atoms. The molecule has 1 aliphatic heterocycles. The summed E-state index contributed by atoms with van der Waals surface area (Å²) in [4.78, 5) is 26.8. The number of rotatable bonds is 5. The molecule has 0 spiro atoms. The van der Waals surface area contributed by atoms with E-state index < -0.39 is 6.04 Å². The number of amides is 2. The molecule has 2 aromatic carbocycles. The number of β-lactam (4-membered cyclic amide) rings is 1. The van der Waals surface area contributed by atoms with E-state index in [0.717, 1.165) is 23.2 Å². The van der Waals surface area contributed by atoms with Gasteiger partial charge < -0.3 is 10.2 Å². The molecule has 136 valence electrons. The summed E-state index contributed by atoms with van der Waals surface area (Å²) in [5, 5.41) is 3.87. The second-order valence-corrected chi connectivity index (χ2v) is 7.20. The van der Waals surface area contributed by atoms with Gasteiger partial charge in [0.15, 0.2) is 0 Å². The number of hydrogen-bond donors (Lipinski definition) is 1. The van der Waals surface area contributed by atoms with E-state index in [2.05, 4.69) is 5.32 Å². The predicted molar refractivity (Wildman–Crippen MR) is 105 cm³/mol. The first kappa shape index (κ1) is 18.7. The van der Waals surface area contributed by atoms with Crippen molar-refractivity contribution in [3.8, 4) is 0 Å². The molecule has 3 rings (SSSR count). The van der Waals surface area contributed by atoms with Gasteiger partial charge in [0.25, 0.3) is 5.91 Å². The highest BCUT2D eigenvalue weighted by atomic mass is 35.5. The quantitative estimate of drug-likeness (QED) is 0.746. The highest BCUT2D eigenvalue weighted by Crippen LogP contribution is 2.34. The van der Waals surface area contributed by atoms with Gasteiger partial charge in [-0.3, -0.25) is 9.59 Å². The van der Waals surface area contributed by atoms with Crippen molar-refractivity contribution in [3.63, 3.8) is 0 Å². The molecule has 1 aliphatic rings. The lowest BCUT2D eigenvalue weighted by Gasteiger charge is -2.38. The minimum atomic E-state index is -0.773. The Kier molecular flexibility index (Phi) is 5.54. The van der Waals surface area contributed by atoms with Crippen LogP contribution in [0.2, 0.25) is 10.0 Å². The Labute approximate surface area is 163 Å². The van der Waals surface area contributed by atoms with E-state index in [1.165, 1.54) is 0 Å². The lowest BCUT2D eigenvalue weighted by atomic mass is 9.99. The van der Waals surface area contributed by atoms with Gasteiger partial charge in [0.1, 0.15) is 6.04 Å². The molecule has 4 nitrogen and oxygen atoms in total. The normalized spacial score (nSPS) is 14.8. The third-order valence-corrected chi connectivity index (χ3v) is 5.25. The number of carbonyl (C=O) groups is 2. The van der Waals surface area contributed by atoms with Crippen LogP contribution < -0.4 is 5.32 Å². The van der Waals surface area contributed by atoms with Crippen molar-refractivity contribution in [1.29, 1.82) is 0 Å². The molecule has 1 unspecified atom stereocenters. The summed E-state index contributed by atoms with van der Waals surface area (Å²) in [6, 6.07) is 10.1. The molecule has 1 fully saturated rings. The van der Waals surface area contributed by atoms with Crippen molar-refractivity contribution >= 4 is 40.7 Å². The van der Waals surface area contributed by atoms with Gasteiger partial charge >= 0.3 is 0 Å². The number of nitrogens with one attached hydrogen (secondary N) is 1. The zero-order valence-electron chi connectivity index (χ0n) is 14.7. The van der Waals surface area contributed by atoms with Crippen LogP contribution >= 0.6 is 23.2 Å². The summed E-state index contributed by atoms with van der Waals surface area (Å²) in [7, 11) is 0. The van der Waals surface area contributed by atoms with Crippen LogP contribution in [-0.2, 0) is 16.0 Å². The first-order chi connectivity index (χ1) is 12.4. The largest absolute Gasteiger partial charge is 0.326 e.